The van der Waals surface area contributed by atoms with Crippen molar-refractivity contribution in [1.82, 2.24) is 29.1 Å². The first-order valence-corrected chi connectivity index (χ1v) is 7.74. The molecule has 0 saturated heterocycles. The maximum absolute atomic E-state index is 12.4. The Hall–Kier alpha value is -2.35. The van der Waals surface area contributed by atoms with Crippen LogP contribution in [0.25, 0.3) is 11.0 Å². The third-order valence-electron chi connectivity index (χ3n) is 3.46. The van der Waals surface area contributed by atoms with Crippen LogP contribution in [0.3, 0.4) is 0 Å². The second kappa shape index (κ2) is 6.18. The van der Waals surface area contributed by atoms with Gasteiger partial charge in [-0.05, 0) is 24.1 Å². The van der Waals surface area contributed by atoms with Crippen molar-refractivity contribution in [3.8, 4) is 0 Å². The van der Waals surface area contributed by atoms with Crippen molar-refractivity contribution in [3.05, 3.63) is 36.2 Å². The summed E-state index contributed by atoms with van der Waals surface area (Å²) in [5.74, 6) is 0.139. The third kappa shape index (κ3) is 3.11. The van der Waals surface area contributed by atoms with Gasteiger partial charge in [0.15, 0.2) is 0 Å². The molecule has 1 amide bonds. The van der Waals surface area contributed by atoms with Gasteiger partial charge < -0.3 is 5.32 Å². The molecular formula is C14H16N6OS. The van der Waals surface area contributed by atoms with Gasteiger partial charge in [-0.3, -0.25) is 4.79 Å². The fourth-order valence-electron chi connectivity index (χ4n) is 2.11. The molecule has 3 aromatic rings. The lowest BCUT2D eigenvalue weighted by Gasteiger charge is -2.21. The molecule has 114 valence electrons. The molecular weight excluding hydrogens is 300 g/mol. The monoisotopic (exact) mass is 316 g/mol. The van der Waals surface area contributed by atoms with E-state index in [-0.39, 0.29) is 17.9 Å². The summed E-state index contributed by atoms with van der Waals surface area (Å²) in [4.78, 5) is 14.0. The van der Waals surface area contributed by atoms with Gasteiger partial charge in [0.25, 0.3) is 5.91 Å². The van der Waals surface area contributed by atoms with E-state index in [2.05, 4.69) is 38.1 Å². The van der Waals surface area contributed by atoms with E-state index >= 15 is 0 Å². The molecule has 1 atom stereocenters. The number of benzene rings is 1. The van der Waals surface area contributed by atoms with E-state index in [1.807, 2.05) is 6.07 Å². The van der Waals surface area contributed by atoms with Crippen LogP contribution in [0.15, 0.2) is 30.6 Å². The zero-order chi connectivity index (χ0) is 15.5. The summed E-state index contributed by atoms with van der Waals surface area (Å²) in [7, 11) is 0. The van der Waals surface area contributed by atoms with E-state index in [0.717, 1.165) is 22.8 Å². The molecule has 0 bridgehead atoms. The summed E-state index contributed by atoms with van der Waals surface area (Å²) in [6.45, 7) is 4.65. The first-order chi connectivity index (χ1) is 10.6. The number of fused-ring (bicyclic) bond motifs is 1. The van der Waals surface area contributed by atoms with E-state index < -0.39 is 0 Å². The molecule has 7 nitrogen and oxygen atoms in total. The molecule has 0 radical (unpaired) electrons. The molecule has 0 spiro atoms. The Bertz CT molecular complexity index is 767. The van der Waals surface area contributed by atoms with Gasteiger partial charge in [0, 0.05) is 5.56 Å². The molecule has 0 aliphatic carbocycles. The van der Waals surface area contributed by atoms with Crippen LogP contribution in [0.2, 0.25) is 0 Å². The predicted molar refractivity (Wildman–Crippen MR) is 83.5 cm³/mol. The summed E-state index contributed by atoms with van der Waals surface area (Å²) in [6, 6.07) is 5.29. The molecule has 3 rings (SSSR count). The molecule has 0 fully saturated rings. The van der Waals surface area contributed by atoms with Gasteiger partial charge in [0.05, 0.1) is 36.7 Å². The maximum Gasteiger partial charge on any atom is 0.251 e. The van der Waals surface area contributed by atoms with Gasteiger partial charge in [0.1, 0.15) is 11.0 Å². The minimum Gasteiger partial charge on any atom is -0.347 e. The zero-order valence-electron chi connectivity index (χ0n) is 12.3. The Balaban J connectivity index is 1.75. The number of aromatic nitrogens is 5. The van der Waals surface area contributed by atoms with Crippen LogP contribution in [0.5, 0.6) is 0 Å². The largest absolute Gasteiger partial charge is 0.347 e. The zero-order valence-corrected chi connectivity index (χ0v) is 13.1. The lowest BCUT2D eigenvalue weighted by atomic mass is 10.0. The van der Waals surface area contributed by atoms with Gasteiger partial charge in [0.2, 0.25) is 0 Å². The Morgan fingerprint density at radius 3 is 2.68 bits per heavy atom. The molecule has 0 saturated carbocycles. The highest BCUT2D eigenvalue weighted by molar-refractivity contribution is 7.00. The van der Waals surface area contributed by atoms with Gasteiger partial charge in [-0.1, -0.05) is 13.8 Å². The van der Waals surface area contributed by atoms with Crippen molar-refractivity contribution in [2.45, 2.75) is 26.4 Å². The smallest absolute Gasteiger partial charge is 0.251 e. The average Bonchev–Trinajstić information content (AvgIpc) is 3.16. The van der Waals surface area contributed by atoms with E-state index in [0.29, 0.717) is 12.1 Å². The Morgan fingerprint density at radius 2 is 1.95 bits per heavy atom. The van der Waals surface area contributed by atoms with Crippen LogP contribution in [-0.4, -0.2) is 35.7 Å². The quantitative estimate of drug-likeness (QED) is 0.775. The molecule has 0 aliphatic heterocycles. The van der Waals surface area contributed by atoms with Crippen LogP contribution in [0.4, 0.5) is 0 Å². The van der Waals surface area contributed by atoms with Crippen molar-refractivity contribution < 1.29 is 4.79 Å². The van der Waals surface area contributed by atoms with E-state index in [1.54, 1.807) is 29.3 Å². The van der Waals surface area contributed by atoms with Crippen molar-refractivity contribution in [2.24, 2.45) is 5.92 Å². The molecule has 2 aromatic heterocycles. The molecule has 0 aliphatic rings. The van der Waals surface area contributed by atoms with Crippen LogP contribution >= 0.6 is 11.7 Å². The number of nitrogens with one attached hydrogen (secondary N) is 1. The third-order valence-corrected chi connectivity index (χ3v) is 4.02. The second-order valence-corrected chi connectivity index (χ2v) is 5.90. The average molecular weight is 316 g/mol. The summed E-state index contributed by atoms with van der Waals surface area (Å²) < 4.78 is 8.30. The van der Waals surface area contributed by atoms with E-state index in [9.17, 15) is 4.79 Å². The molecule has 1 unspecified atom stereocenters. The SMILES string of the molecule is CC(C)C(Cn1nccn1)NC(=O)c1ccc2nsnc2c1. The standard InChI is InChI=1S/C14H16N6OS/c1-9(2)13(8-20-15-5-6-16-20)17-14(21)10-3-4-11-12(7-10)19-22-18-11/h3-7,9,13H,8H2,1-2H3,(H,17,21). The number of hydrogen-bond acceptors (Lipinski definition) is 6. The summed E-state index contributed by atoms with van der Waals surface area (Å²) in [6.07, 6.45) is 3.25. The molecule has 8 heteroatoms. The lowest BCUT2D eigenvalue weighted by Crippen LogP contribution is -2.42. The number of hydrogen-bond donors (Lipinski definition) is 1. The number of carbonyl (C=O) groups excluding carboxylic acids is 1. The number of amides is 1. The maximum atomic E-state index is 12.4. The van der Waals surface area contributed by atoms with Crippen molar-refractivity contribution in [2.75, 3.05) is 0 Å². The van der Waals surface area contributed by atoms with Crippen LogP contribution in [0.1, 0.15) is 24.2 Å². The fraction of sp³-hybridized carbons (Fsp3) is 0.357. The summed E-state index contributed by atoms with van der Waals surface area (Å²) in [5, 5.41) is 11.2. The molecule has 22 heavy (non-hydrogen) atoms. The summed E-state index contributed by atoms with van der Waals surface area (Å²) in [5.41, 5.74) is 2.13. The Morgan fingerprint density at radius 1 is 1.23 bits per heavy atom. The first-order valence-electron chi connectivity index (χ1n) is 7.01. The number of nitrogens with zero attached hydrogens (tertiary/aromatic N) is 5. The number of carbonyl (C=O) groups is 1. The van der Waals surface area contributed by atoms with Crippen molar-refractivity contribution in [1.29, 1.82) is 0 Å². The Labute approximate surface area is 131 Å². The minimum atomic E-state index is -0.124. The molecule has 1 aromatic carbocycles. The highest BCUT2D eigenvalue weighted by Crippen LogP contribution is 2.14. The minimum absolute atomic E-state index is 0.0517. The molecule has 1 N–H and O–H groups in total. The van der Waals surface area contributed by atoms with Crippen molar-refractivity contribution >= 4 is 28.7 Å². The van der Waals surface area contributed by atoms with Gasteiger partial charge in [-0.15, -0.1) is 0 Å². The van der Waals surface area contributed by atoms with Crippen LogP contribution < -0.4 is 5.32 Å². The van der Waals surface area contributed by atoms with Gasteiger partial charge in [-0.2, -0.15) is 23.7 Å². The second-order valence-electron chi connectivity index (χ2n) is 5.38. The highest BCUT2D eigenvalue weighted by Gasteiger charge is 2.19. The molecule has 2 heterocycles. The Kier molecular flexibility index (Phi) is 4.10. The fourth-order valence-corrected chi connectivity index (χ4v) is 2.63. The van der Waals surface area contributed by atoms with Crippen LogP contribution in [-0.2, 0) is 6.54 Å². The topological polar surface area (TPSA) is 85.6 Å². The van der Waals surface area contributed by atoms with Crippen molar-refractivity contribution in [3.63, 3.8) is 0 Å². The van der Waals surface area contributed by atoms with E-state index in [4.69, 9.17) is 0 Å². The lowest BCUT2D eigenvalue weighted by molar-refractivity contribution is 0.0918. The normalized spacial score (nSPS) is 12.7. The first kappa shape index (κ1) is 14.6. The van der Waals surface area contributed by atoms with Gasteiger partial charge in [-0.25, -0.2) is 0 Å². The van der Waals surface area contributed by atoms with Crippen LogP contribution in [0, 0.1) is 5.92 Å². The van der Waals surface area contributed by atoms with Gasteiger partial charge >= 0.3 is 0 Å². The predicted octanol–water partition coefficient (Wildman–Crippen LogP) is 1.74. The summed E-state index contributed by atoms with van der Waals surface area (Å²) >= 11 is 1.14. The highest BCUT2D eigenvalue weighted by atomic mass is 32.1. The van der Waals surface area contributed by atoms with E-state index in [1.165, 1.54) is 0 Å². The number of rotatable bonds is 5.